The highest BCUT2D eigenvalue weighted by molar-refractivity contribution is 6.30. The number of rotatable bonds is 3. The van der Waals surface area contributed by atoms with Crippen LogP contribution in [0.25, 0.3) is 0 Å². The van der Waals surface area contributed by atoms with Crippen LogP contribution in [-0.4, -0.2) is 19.8 Å². The molecular weight excluding hydrogens is 243 g/mol. The minimum absolute atomic E-state index is 0.0995. The Morgan fingerprint density at radius 2 is 2.00 bits per heavy atom. The Balaban J connectivity index is 3.32. The molecule has 0 amide bonds. The van der Waals surface area contributed by atoms with Gasteiger partial charge in [0, 0.05) is 18.7 Å². The quantitative estimate of drug-likeness (QED) is 0.899. The fourth-order valence-electron chi connectivity index (χ4n) is 1.45. The normalized spacial score (nSPS) is 15.9. The van der Waals surface area contributed by atoms with Crippen molar-refractivity contribution < 1.29 is 17.9 Å². The van der Waals surface area contributed by atoms with Crippen molar-refractivity contribution in [2.24, 2.45) is 5.73 Å². The molecule has 1 rings (SSSR count). The van der Waals surface area contributed by atoms with E-state index in [2.05, 4.69) is 4.74 Å². The first kappa shape index (κ1) is 13.3. The van der Waals surface area contributed by atoms with E-state index in [1.54, 1.807) is 0 Å². The Bertz CT molecular complexity index is 363. The predicted octanol–water partition coefficient (Wildman–Crippen LogP) is 2.70. The number of hydrogen-bond acceptors (Lipinski definition) is 2. The van der Waals surface area contributed by atoms with Crippen LogP contribution < -0.4 is 5.73 Å². The molecule has 0 heterocycles. The summed E-state index contributed by atoms with van der Waals surface area (Å²) in [6, 6.07) is 5.40. The van der Waals surface area contributed by atoms with Gasteiger partial charge in [-0.3, -0.25) is 0 Å². The standard InChI is InChI=1S/C10H11ClF3NO/c1-16-9(6-15,10(12,13)14)7-3-2-4-8(11)5-7/h2-5H,6,15H2,1H3. The van der Waals surface area contributed by atoms with Crippen LogP contribution in [0.2, 0.25) is 5.02 Å². The summed E-state index contributed by atoms with van der Waals surface area (Å²) < 4.78 is 43.4. The van der Waals surface area contributed by atoms with Crippen LogP contribution in [0.1, 0.15) is 5.56 Å². The monoisotopic (exact) mass is 253 g/mol. The van der Waals surface area contributed by atoms with Crippen LogP contribution in [0.15, 0.2) is 24.3 Å². The van der Waals surface area contributed by atoms with E-state index in [0.29, 0.717) is 0 Å². The molecule has 0 saturated heterocycles. The zero-order valence-electron chi connectivity index (χ0n) is 8.51. The average Bonchev–Trinajstić information content (AvgIpc) is 2.18. The van der Waals surface area contributed by atoms with Gasteiger partial charge in [-0.15, -0.1) is 0 Å². The molecule has 0 aliphatic carbocycles. The third kappa shape index (κ3) is 2.16. The fourth-order valence-corrected chi connectivity index (χ4v) is 1.64. The van der Waals surface area contributed by atoms with Gasteiger partial charge in [0.1, 0.15) is 0 Å². The van der Waals surface area contributed by atoms with Gasteiger partial charge < -0.3 is 10.5 Å². The van der Waals surface area contributed by atoms with E-state index in [-0.39, 0.29) is 10.6 Å². The van der Waals surface area contributed by atoms with Gasteiger partial charge >= 0.3 is 6.18 Å². The van der Waals surface area contributed by atoms with E-state index in [0.717, 1.165) is 7.11 Å². The zero-order chi connectivity index (χ0) is 12.4. The lowest BCUT2D eigenvalue weighted by Crippen LogP contribution is -2.49. The summed E-state index contributed by atoms with van der Waals surface area (Å²) in [5.74, 6) is 0. The fraction of sp³-hybridized carbons (Fsp3) is 0.400. The lowest BCUT2D eigenvalue weighted by Gasteiger charge is -2.33. The van der Waals surface area contributed by atoms with E-state index >= 15 is 0 Å². The minimum Gasteiger partial charge on any atom is -0.363 e. The molecule has 2 nitrogen and oxygen atoms in total. The van der Waals surface area contributed by atoms with Gasteiger partial charge in [0.25, 0.3) is 0 Å². The summed E-state index contributed by atoms with van der Waals surface area (Å²) in [7, 11) is 0.973. The number of alkyl halides is 3. The van der Waals surface area contributed by atoms with Crippen molar-refractivity contribution in [1.29, 1.82) is 0 Å². The van der Waals surface area contributed by atoms with Crippen LogP contribution in [0.4, 0.5) is 13.2 Å². The summed E-state index contributed by atoms with van der Waals surface area (Å²) in [5.41, 5.74) is 2.60. The van der Waals surface area contributed by atoms with Crippen molar-refractivity contribution in [3.63, 3.8) is 0 Å². The van der Waals surface area contributed by atoms with Crippen molar-refractivity contribution in [3.05, 3.63) is 34.9 Å². The molecule has 2 N–H and O–H groups in total. The number of hydrogen-bond donors (Lipinski definition) is 1. The summed E-state index contributed by atoms with van der Waals surface area (Å²) >= 11 is 5.65. The van der Waals surface area contributed by atoms with Gasteiger partial charge in [-0.1, -0.05) is 23.7 Å². The second kappa shape index (κ2) is 4.61. The Hall–Kier alpha value is -0.780. The van der Waals surface area contributed by atoms with Crippen LogP contribution in [0.5, 0.6) is 0 Å². The summed E-state index contributed by atoms with van der Waals surface area (Å²) in [5, 5.41) is 0.205. The first-order valence-electron chi connectivity index (χ1n) is 4.45. The Labute approximate surface area is 96.1 Å². The first-order valence-corrected chi connectivity index (χ1v) is 4.83. The Morgan fingerprint density at radius 3 is 2.38 bits per heavy atom. The van der Waals surface area contributed by atoms with Crippen molar-refractivity contribution in [2.45, 2.75) is 11.8 Å². The Kier molecular flexibility index (Phi) is 3.83. The van der Waals surface area contributed by atoms with E-state index in [9.17, 15) is 13.2 Å². The molecule has 1 aromatic rings. The van der Waals surface area contributed by atoms with Crippen molar-refractivity contribution in [2.75, 3.05) is 13.7 Å². The first-order chi connectivity index (χ1) is 7.37. The predicted molar refractivity (Wildman–Crippen MR) is 55.2 cm³/mol. The van der Waals surface area contributed by atoms with Gasteiger partial charge in [-0.25, -0.2) is 0 Å². The van der Waals surface area contributed by atoms with Crippen molar-refractivity contribution in [3.8, 4) is 0 Å². The van der Waals surface area contributed by atoms with E-state index in [1.165, 1.54) is 24.3 Å². The average molecular weight is 254 g/mol. The molecule has 0 radical (unpaired) electrons. The van der Waals surface area contributed by atoms with Gasteiger partial charge in [0.2, 0.25) is 5.60 Å². The maximum absolute atomic E-state index is 12.9. The highest BCUT2D eigenvalue weighted by Crippen LogP contribution is 2.41. The van der Waals surface area contributed by atoms with E-state index < -0.39 is 18.3 Å². The van der Waals surface area contributed by atoms with Crippen LogP contribution in [-0.2, 0) is 10.3 Å². The Morgan fingerprint density at radius 1 is 1.38 bits per heavy atom. The summed E-state index contributed by atoms with van der Waals surface area (Å²) in [4.78, 5) is 0. The maximum Gasteiger partial charge on any atom is 0.422 e. The van der Waals surface area contributed by atoms with Gasteiger partial charge in [-0.05, 0) is 17.7 Å². The molecule has 1 atom stereocenters. The van der Waals surface area contributed by atoms with Crippen LogP contribution in [0.3, 0.4) is 0 Å². The topological polar surface area (TPSA) is 35.2 Å². The molecule has 0 aliphatic rings. The van der Waals surface area contributed by atoms with Gasteiger partial charge in [0.15, 0.2) is 0 Å². The molecule has 6 heteroatoms. The van der Waals surface area contributed by atoms with Gasteiger partial charge in [0.05, 0.1) is 0 Å². The molecule has 0 saturated carbocycles. The third-order valence-corrected chi connectivity index (χ3v) is 2.62. The molecule has 1 unspecified atom stereocenters. The second-order valence-electron chi connectivity index (χ2n) is 3.24. The van der Waals surface area contributed by atoms with Crippen LogP contribution >= 0.6 is 11.6 Å². The largest absolute Gasteiger partial charge is 0.422 e. The van der Waals surface area contributed by atoms with Crippen molar-refractivity contribution >= 4 is 11.6 Å². The second-order valence-corrected chi connectivity index (χ2v) is 3.68. The molecule has 0 spiro atoms. The molecule has 1 aromatic carbocycles. The highest BCUT2D eigenvalue weighted by atomic mass is 35.5. The van der Waals surface area contributed by atoms with E-state index in [4.69, 9.17) is 17.3 Å². The molecule has 16 heavy (non-hydrogen) atoms. The molecule has 0 fully saturated rings. The molecule has 0 bridgehead atoms. The molecule has 90 valence electrons. The van der Waals surface area contributed by atoms with Crippen molar-refractivity contribution in [1.82, 2.24) is 0 Å². The number of nitrogens with two attached hydrogens (primary N) is 1. The summed E-state index contributed by atoms with van der Waals surface area (Å²) in [6.45, 7) is -0.701. The maximum atomic E-state index is 12.9. The SMILES string of the molecule is COC(CN)(c1cccc(Cl)c1)C(F)(F)F. The number of methoxy groups -OCH3 is 1. The number of benzene rings is 1. The molecular formula is C10H11ClF3NO. The lowest BCUT2D eigenvalue weighted by atomic mass is 9.93. The molecule has 0 aromatic heterocycles. The molecule has 0 aliphatic heterocycles. The zero-order valence-corrected chi connectivity index (χ0v) is 9.27. The smallest absolute Gasteiger partial charge is 0.363 e. The highest BCUT2D eigenvalue weighted by Gasteiger charge is 2.55. The number of ether oxygens (including phenoxy) is 1. The van der Waals surface area contributed by atoms with E-state index in [1.807, 2.05) is 0 Å². The number of halogens is 4. The van der Waals surface area contributed by atoms with Gasteiger partial charge in [-0.2, -0.15) is 13.2 Å². The minimum atomic E-state index is -4.60. The lowest BCUT2D eigenvalue weighted by molar-refractivity contribution is -0.272. The van der Waals surface area contributed by atoms with Crippen LogP contribution in [0, 0.1) is 0 Å². The third-order valence-electron chi connectivity index (χ3n) is 2.38. The summed E-state index contributed by atoms with van der Waals surface area (Å²) in [6.07, 6.45) is -4.60.